The van der Waals surface area contributed by atoms with Gasteiger partial charge in [0.1, 0.15) is 11.5 Å². The maximum atomic E-state index is 5.62. The van der Waals surface area contributed by atoms with Gasteiger partial charge < -0.3 is 9.47 Å². The maximum absolute atomic E-state index is 5.62. The highest BCUT2D eigenvalue weighted by Gasteiger charge is 2.10. The first-order chi connectivity index (χ1) is 14.8. The van der Waals surface area contributed by atoms with Crippen LogP contribution in [0.2, 0.25) is 0 Å². The first-order valence-corrected chi connectivity index (χ1v) is 12.2. The van der Waals surface area contributed by atoms with Crippen LogP contribution in [0.25, 0.3) is 21.5 Å². The van der Waals surface area contributed by atoms with Gasteiger partial charge in [-0.05, 0) is 58.0 Å². The second-order valence-electron chi connectivity index (χ2n) is 7.04. The minimum absolute atomic E-state index is 0.966. The third kappa shape index (κ3) is 4.55. The van der Waals surface area contributed by atoms with E-state index in [0.29, 0.717) is 0 Å². The van der Waals surface area contributed by atoms with Gasteiger partial charge in [-0.1, -0.05) is 60.7 Å². The molecule has 0 saturated carbocycles. The molecule has 0 N–H and O–H groups in total. The molecule has 2 nitrogen and oxygen atoms in total. The Morgan fingerprint density at radius 2 is 1.00 bits per heavy atom. The van der Waals surface area contributed by atoms with E-state index in [9.17, 15) is 0 Å². The zero-order chi connectivity index (χ0) is 20.8. The minimum atomic E-state index is 0.966. The van der Waals surface area contributed by atoms with Crippen LogP contribution in [-0.4, -0.2) is 25.7 Å². The predicted molar refractivity (Wildman–Crippen MR) is 132 cm³/mol. The second-order valence-corrected chi connectivity index (χ2v) is 9.25. The van der Waals surface area contributed by atoms with E-state index in [1.54, 1.807) is 14.2 Å². The summed E-state index contributed by atoms with van der Waals surface area (Å²) in [6, 6.07) is 25.5. The van der Waals surface area contributed by atoms with Gasteiger partial charge in [-0.25, -0.2) is 0 Å². The summed E-state index contributed by atoms with van der Waals surface area (Å²) in [6.45, 7) is 0. The number of thioether (sulfide) groups is 2. The van der Waals surface area contributed by atoms with Crippen molar-refractivity contribution in [2.75, 3.05) is 25.7 Å². The fourth-order valence-corrected chi connectivity index (χ4v) is 5.99. The molecule has 0 aromatic heterocycles. The predicted octanol–water partition coefficient (Wildman–Crippen LogP) is 7.67. The molecule has 0 bridgehead atoms. The van der Waals surface area contributed by atoms with Gasteiger partial charge in [-0.3, -0.25) is 0 Å². The molecule has 154 valence electrons. The Bertz CT molecular complexity index is 1050. The van der Waals surface area contributed by atoms with Gasteiger partial charge in [-0.15, -0.1) is 23.5 Å². The maximum Gasteiger partial charge on any atom is 0.133 e. The lowest BCUT2D eigenvalue weighted by Gasteiger charge is -2.13. The lowest BCUT2D eigenvalue weighted by molar-refractivity contribution is 0.406. The second kappa shape index (κ2) is 10.1. The van der Waals surface area contributed by atoms with E-state index in [-0.39, 0.29) is 0 Å². The summed E-state index contributed by atoms with van der Waals surface area (Å²) < 4.78 is 11.2. The van der Waals surface area contributed by atoms with E-state index in [1.807, 2.05) is 23.5 Å². The molecule has 0 amide bonds. The molecule has 0 unspecified atom stereocenters. The average molecular weight is 435 g/mol. The van der Waals surface area contributed by atoms with Crippen LogP contribution in [0.4, 0.5) is 0 Å². The Morgan fingerprint density at radius 1 is 0.567 bits per heavy atom. The van der Waals surface area contributed by atoms with Crippen molar-refractivity contribution in [3.63, 3.8) is 0 Å². The Balaban J connectivity index is 1.36. The van der Waals surface area contributed by atoms with Crippen molar-refractivity contribution in [1.29, 1.82) is 0 Å². The van der Waals surface area contributed by atoms with Gasteiger partial charge in [0.05, 0.1) is 24.0 Å². The summed E-state index contributed by atoms with van der Waals surface area (Å²) in [6.07, 6.45) is 2.33. The lowest BCUT2D eigenvalue weighted by Crippen LogP contribution is -1.91. The van der Waals surface area contributed by atoms with E-state index in [4.69, 9.17) is 9.47 Å². The fourth-order valence-electron chi connectivity index (χ4n) is 3.62. The van der Waals surface area contributed by atoms with Gasteiger partial charge in [0, 0.05) is 0 Å². The number of fused-ring (bicyclic) bond motifs is 2. The average Bonchev–Trinajstić information content (AvgIpc) is 2.81. The third-order valence-corrected chi connectivity index (χ3v) is 7.56. The number of unbranched alkanes of at least 4 members (excludes halogenated alkanes) is 1. The number of methoxy groups -OCH3 is 2. The van der Waals surface area contributed by atoms with Crippen LogP contribution in [-0.2, 0) is 0 Å². The number of hydrogen-bond donors (Lipinski definition) is 0. The molecule has 0 aliphatic rings. The Kier molecular flexibility index (Phi) is 7.08. The molecule has 0 saturated heterocycles. The summed E-state index contributed by atoms with van der Waals surface area (Å²) in [4.78, 5) is 2.50. The van der Waals surface area contributed by atoms with Crippen LogP contribution in [0.1, 0.15) is 12.8 Å². The van der Waals surface area contributed by atoms with E-state index in [0.717, 1.165) is 35.8 Å². The summed E-state index contributed by atoms with van der Waals surface area (Å²) in [5.41, 5.74) is 0. The molecule has 4 heteroatoms. The van der Waals surface area contributed by atoms with Gasteiger partial charge >= 0.3 is 0 Å². The molecule has 4 aromatic carbocycles. The molecular weight excluding hydrogens is 408 g/mol. The van der Waals surface area contributed by atoms with Crippen LogP contribution in [0.3, 0.4) is 0 Å². The van der Waals surface area contributed by atoms with E-state index < -0.39 is 0 Å². The Morgan fingerprint density at radius 3 is 1.43 bits per heavy atom. The molecule has 4 rings (SSSR count). The van der Waals surface area contributed by atoms with Crippen molar-refractivity contribution in [2.45, 2.75) is 22.6 Å². The molecule has 0 heterocycles. The largest absolute Gasteiger partial charge is 0.496 e. The normalized spacial score (nSPS) is 11.1. The van der Waals surface area contributed by atoms with Gasteiger partial charge in [0.2, 0.25) is 0 Å². The minimum Gasteiger partial charge on any atom is -0.496 e. The number of ether oxygens (including phenoxy) is 2. The highest BCUT2D eigenvalue weighted by molar-refractivity contribution is 8.00. The highest BCUT2D eigenvalue weighted by atomic mass is 32.2. The SMILES string of the molecule is COc1ccc2ccccc2c1SCCCCSc1c(OC)ccc2ccccc12. The van der Waals surface area contributed by atoms with Crippen LogP contribution >= 0.6 is 23.5 Å². The summed E-state index contributed by atoms with van der Waals surface area (Å²) >= 11 is 3.80. The van der Waals surface area contributed by atoms with E-state index >= 15 is 0 Å². The Hall–Kier alpha value is -2.30. The van der Waals surface area contributed by atoms with Crippen molar-refractivity contribution < 1.29 is 9.47 Å². The van der Waals surface area contributed by atoms with E-state index in [1.165, 1.54) is 31.3 Å². The molecular formula is C26H26O2S2. The molecule has 0 radical (unpaired) electrons. The summed E-state index contributed by atoms with van der Waals surface area (Å²) in [5, 5.41) is 5.08. The molecule has 0 atom stereocenters. The number of hydrogen-bond acceptors (Lipinski definition) is 4. The van der Waals surface area contributed by atoms with Crippen LogP contribution in [0, 0.1) is 0 Å². The van der Waals surface area contributed by atoms with Crippen molar-refractivity contribution in [2.24, 2.45) is 0 Å². The highest BCUT2D eigenvalue weighted by Crippen LogP contribution is 2.38. The first-order valence-electron chi connectivity index (χ1n) is 10.2. The number of rotatable bonds is 9. The first kappa shape index (κ1) is 21.0. The summed E-state index contributed by atoms with van der Waals surface area (Å²) in [5.74, 6) is 4.09. The molecule has 4 aromatic rings. The molecule has 30 heavy (non-hydrogen) atoms. The van der Waals surface area contributed by atoms with Gasteiger partial charge in [-0.2, -0.15) is 0 Å². The molecule has 0 fully saturated rings. The lowest BCUT2D eigenvalue weighted by atomic mass is 10.1. The standard InChI is InChI=1S/C26H26O2S2/c1-27-23-15-13-19-9-3-5-11-21(19)25(23)29-17-7-8-18-30-26-22-12-6-4-10-20(22)14-16-24(26)28-2/h3-6,9-16H,7-8,17-18H2,1-2H3. The molecule has 0 aliphatic carbocycles. The van der Waals surface area contributed by atoms with Gasteiger partial charge in [0.25, 0.3) is 0 Å². The van der Waals surface area contributed by atoms with Crippen molar-refractivity contribution in [3.05, 3.63) is 72.8 Å². The van der Waals surface area contributed by atoms with E-state index in [2.05, 4.69) is 72.8 Å². The van der Waals surface area contributed by atoms with Crippen molar-refractivity contribution in [3.8, 4) is 11.5 Å². The van der Waals surface area contributed by atoms with Crippen LogP contribution in [0.5, 0.6) is 11.5 Å². The Labute approximate surface area is 187 Å². The topological polar surface area (TPSA) is 18.5 Å². The number of benzene rings is 4. The summed E-state index contributed by atoms with van der Waals surface area (Å²) in [7, 11) is 3.50. The van der Waals surface area contributed by atoms with Crippen LogP contribution < -0.4 is 9.47 Å². The molecule has 0 aliphatic heterocycles. The molecule has 0 spiro atoms. The third-order valence-electron chi connectivity index (χ3n) is 5.16. The van der Waals surface area contributed by atoms with Crippen molar-refractivity contribution in [1.82, 2.24) is 0 Å². The smallest absolute Gasteiger partial charge is 0.133 e. The zero-order valence-corrected chi connectivity index (χ0v) is 19.0. The quantitative estimate of drug-likeness (QED) is 0.199. The monoisotopic (exact) mass is 434 g/mol. The van der Waals surface area contributed by atoms with Crippen LogP contribution in [0.15, 0.2) is 82.6 Å². The van der Waals surface area contributed by atoms with Gasteiger partial charge in [0.15, 0.2) is 0 Å². The zero-order valence-electron chi connectivity index (χ0n) is 17.4. The van der Waals surface area contributed by atoms with Crippen molar-refractivity contribution >= 4 is 45.1 Å². The fraction of sp³-hybridized carbons (Fsp3) is 0.231.